The van der Waals surface area contributed by atoms with Gasteiger partial charge in [0, 0.05) is 0 Å². The fourth-order valence-corrected chi connectivity index (χ4v) is 4.42. The highest BCUT2D eigenvalue weighted by Gasteiger charge is 2.21. The molecule has 0 aliphatic heterocycles. The third kappa shape index (κ3) is 6.72. The second-order valence-electron chi connectivity index (χ2n) is 8.34. The summed E-state index contributed by atoms with van der Waals surface area (Å²) in [4.78, 5) is 0. The van der Waals surface area contributed by atoms with Gasteiger partial charge in [0.2, 0.25) is 0 Å². The van der Waals surface area contributed by atoms with E-state index in [1.54, 1.807) is 0 Å². The molecule has 0 saturated heterocycles. The van der Waals surface area contributed by atoms with E-state index in [9.17, 15) is 0 Å². The molecule has 1 nitrogen and oxygen atoms in total. The highest BCUT2D eigenvalue weighted by Crippen LogP contribution is 2.38. The Labute approximate surface area is 177 Å². The number of unbranched alkanes of at least 4 members (excludes halogenated alkanes) is 1. The van der Waals surface area contributed by atoms with E-state index in [1.807, 2.05) is 19.1 Å². The van der Waals surface area contributed by atoms with Crippen LogP contribution in [0.5, 0.6) is 0 Å². The van der Waals surface area contributed by atoms with E-state index in [1.165, 1.54) is 67.2 Å². The van der Waals surface area contributed by atoms with Crippen LogP contribution in [0.3, 0.4) is 0 Å². The zero-order valence-electron chi connectivity index (χ0n) is 18.0. The quantitative estimate of drug-likeness (QED) is 0.295. The predicted octanol–water partition coefficient (Wildman–Crippen LogP) is 8.08. The van der Waals surface area contributed by atoms with E-state index in [2.05, 4.69) is 61.2 Å². The number of rotatable bonds is 10. The third-order valence-corrected chi connectivity index (χ3v) is 6.26. The first-order valence-electron chi connectivity index (χ1n) is 11.3. The van der Waals surface area contributed by atoms with E-state index >= 15 is 0 Å². The van der Waals surface area contributed by atoms with E-state index in [-0.39, 0.29) is 0 Å². The summed E-state index contributed by atoms with van der Waals surface area (Å²) in [6.45, 7) is 7.20. The Balaban J connectivity index is 1.50. The lowest BCUT2D eigenvalue weighted by Gasteiger charge is -2.29. The molecule has 2 aromatic carbocycles. The predicted molar refractivity (Wildman–Crippen MR) is 125 cm³/mol. The topological polar surface area (TPSA) is 9.23 Å². The standard InChI is InChI=1S/C28H36O/c1-3-5-7-8-23-9-13-25(14-10-23)27-17-19-28(20-18-27)26-15-11-24(12-16-26)22-29-21-6-4-2/h3-4,6,11-12,15-20,23,25H,1,5,7-10,13-14,21-22H2,2H3/b6-4+. The minimum Gasteiger partial charge on any atom is -0.373 e. The normalized spacial score (nSPS) is 19.5. The Morgan fingerprint density at radius 2 is 1.59 bits per heavy atom. The number of benzene rings is 2. The average Bonchev–Trinajstić information content (AvgIpc) is 2.78. The smallest absolute Gasteiger partial charge is 0.0721 e. The van der Waals surface area contributed by atoms with E-state index < -0.39 is 0 Å². The lowest BCUT2D eigenvalue weighted by atomic mass is 9.77. The summed E-state index contributed by atoms with van der Waals surface area (Å²) in [6.07, 6.45) is 15.4. The van der Waals surface area contributed by atoms with Gasteiger partial charge < -0.3 is 4.74 Å². The zero-order valence-corrected chi connectivity index (χ0v) is 18.0. The Morgan fingerprint density at radius 1 is 0.931 bits per heavy atom. The van der Waals surface area contributed by atoms with Gasteiger partial charge in [-0.25, -0.2) is 0 Å². The van der Waals surface area contributed by atoms with Gasteiger partial charge in [-0.15, -0.1) is 6.58 Å². The molecule has 1 aliphatic rings. The number of hydrogen-bond donors (Lipinski definition) is 0. The van der Waals surface area contributed by atoms with Crippen LogP contribution in [0.25, 0.3) is 11.1 Å². The van der Waals surface area contributed by atoms with Gasteiger partial charge in [0.05, 0.1) is 13.2 Å². The summed E-state index contributed by atoms with van der Waals surface area (Å²) in [5.41, 5.74) is 5.32. The molecule has 0 atom stereocenters. The van der Waals surface area contributed by atoms with Crippen LogP contribution >= 0.6 is 0 Å². The lowest BCUT2D eigenvalue weighted by molar-refractivity contribution is 0.148. The van der Waals surface area contributed by atoms with Crippen molar-refractivity contribution in [1.29, 1.82) is 0 Å². The van der Waals surface area contributed by atoms with E-state index in [0.717, 1.165) is 11.8 Å². The number of ether oxygens (including phenoxy) is 1. The lowest BCUT2D eigenvalue weighted by Crippen LogP contribution is -2.13. The molecular formula is C28H36O. The first kappa shape index (κ1) is 21.6. The van der Waals surface area contributed by atoms with Crippen molar-refractivity contribution in [1.82, 2.24) is 0 Å². The monoisotopic (exact) mass is 388 g/mol. The molecule has 1 saturated carbocycles. The maximum atomic E-state index is 5.63. The molecule has 154 valence electrons. The van der Waals surface area contributed by atoms with Crippen molar-refractivity contribution in [2.45, 2.75) is 64.4 Å². The highest BCUT2D eigenvalue weighted by molar-refractivity contribution is 5.64. The second-order valence-corrected chi connectivity index (χ2v) is 8.34. The van der Waals surface area contributed by atoms with Gasteiger partial charge in [-0.05, 0) is 79.5 Å². The highest BCUT2D eigenvalue weighted by atomic mass is 16.5. The van der Waals surface area contributed by atoms with Crippen LogP contribution in [-0.4, -0.2) is 6.61 Å². The van der Waals surface area contributed by atoms with Crippen molar-refractivity contribution in [2.75, 3.05) is 6.61 Å². The molecule has 0 spiro atoms. The van der Waals surface area contributed by atoms with Crippen molar-refractivity contribution >= 4 is 0 Å². The van der Waals surface area contributed by atoms with Gasteiger partial charge in [0.25, 0.3) is 0 Å². The molecule has 1 aliphatic carbocycles. The van der Waals surface area contributed by atoms with Gasteiger partial charge in [-0.3, -0.25) is 0 Å². The molecule has 0 N–H and O–H groups in total. The molecule has 0 heterocycles. The van der Waals surface area contributed by atoms with Crippen LogP contribution in [0.4, 0.5) is 0 Å². The van der Waals surface area contributed by atoms with Crippen LogP contribution < -0.4 is 0 Å². The molecule has 1 heteroatoms. The summed E-state index contributed by atoms with van der Waals surface area (Å²) < 4.78 is 5.63. The first-order chi connectivity index (χ1) is 14.3. The second kappa shape index (κ2) is 11.8. The molecule has 0 radical (unpaired) electrons. The molecular weight excluding hydrogens is 352 g/mol. The molecule has 3 rings (SSSR count). The minimum absolute atomic E-state index is 0.666. The van der Waals surface area contributed by atoms with Gasteiger partial charge in [-0.1, -0.05) is 73.2 Å². The summed E-state index contributed by atoms with van der Waals surface area (Å²) in [6, 6.07) is 18.1. The molecule has 0 amide bonds. The number of hydrogen-bond acceptors (Lipinski definition) is 1. The van der Waals surface area contributed by atoms with Crippen molar-refractivity contribution in [3.05, 3.63) is 84.5 Å². The minimum atomic E-state index is 0.666. The summed E-state index contributed by atoms with van der Waals surface area (Å²) in [7, 11) is 0. The van der Waals surface area contributed by atoms with Gasteiger partial charge in [0.15, 0.2) is 0 Å². The molecule has 0 aromatic heterocycles. The van der Waals surface area contributed by atoms with E-state index in [0.29, 0.717) is 13.2 Å². The maximum Gasteiger partial charge on any atom is 0.0721 e. The third-order valence-electron chi connectivity index (χ3n) is 6.26. The van der Waals surface area contributed by atoms with Crippen molar-refractivity contribution in [2.24, 2.45) is 5.92 Å². The summed E-state index contributed by atoms with van der Waals surface area (Å²) in [5.74, 6) is 1.68. The molecule has 1 fully saturated rings. The Kier molecular flexibility index (Phi) is 8.77. The molecule has 0 bridgehead atoms. The van der Waals surface area contributed by atoms with Crippen LogP contribution in [0.2, 0.25) is 0 Å². The molecule has 0 unspecified atom stereocenters. The Hall–Kier alpha value is -2.12. The summed E-state index contributed by atoms with van der Waals surface area (Å²) >= 11 is 0. The fraction of sp³-hybridized carbons (Fsp3) is 0.429. The van der Waals surface area contributed by atoms with Crippen LogP contribution in [-0.2, 0) is 11.3 Å². The fourth-order valence-electron chi connectivity index (χ4n) is 4.42. The van der Waals surface area contributed by atoms with Crippen molar-refractivity contribution in [3.8, 4) is 11.1 Å². The maximum absolute atomic E-state index is 5.63. The number of allylic oxidation sites excluding steroid dienone is 2. The molecule has 2 aromatic rings. The zero-order chi connectivity index (χ0) is 20.3. The van der Waals surface area contributed by atoms with Crippen molar-refractivity contribution < 1.29 is 4.74 Å². The summed E-state index contributed by atoms with van der Waals surface area (Å²) in [5, 5.41) is 0. The van der Waals surface area contributed by atoms with Crippen LogP contribution in [0.15, 0.2) is 73.3 Å². The average molecular weight is 389 g/mol. The van der Waals surface area contributed by atoms with E-state index in [4.69, 9.17) is 4.74 Å². The van der Waals surface area contributed by atoms with Gasteiger partial charge in [0.1, 0.15) is 0 Å². The Morgan fingerprint density at radius 3 is 2.21 bits per heavy atom. The van der Waals surface area contributed by atoms with Gasteiger partial charge in [-0.2, -0.15) is 0 Å². The van der Waals surface area contributed by atoms with Crippen molar-refractivity contribution in [3.63, 3.8) is 0 Å². The Bertz CT molecular complexity index is 746. The van der Waals surface area contributed by atoms with Crippen LogP contribution in [0, 0.1) is 5.92 Å². The molecule has 29 heavy (non-hydrogen) atoms. The van der Waals surface area contributed by atoms with Crippen LogP contribution in [0.1, 0.15) is 68.9 Å². The first-order valence-corrected chi connectivity index (χ1v) is 11.3. The largest absolute Gasteiger partial charge is 0.373 e. The SMILES string of the molecule is C=CCCCC1CCC(c2ccc(-c3ccc(COC/C=C/C)cc3)cc2)CC1. The van der Waals surface area contributed by atoms with Gasteiger partial charge >= 0.3 is 0 Å².